The summed E-state index contributed by atoms with van der Waals surface area (Å²) in [5.74, 6) is -0.650. The Morgan fingerprint density at radius 1 is 1.19 bits per heavy atom. The first-order chi connectivity index (χ1) is 13.0. The van der Waals surface area contributed by atoms with E-state index in [1.165, 1.54) is 23.5 Å². The SMILES string of the molecule is O=C(Cc1c(F)cccc1Cl)NCCN1CCN(C(=O)c2ccsc2)CC1. The normalized spacial score (nSPS) is 15.0. The highest BCUT2D eigenvalue weighted by Gasteiger charge is 2.22. The zero-order chi connectivity index (χ0) is 19.2. The number of thiophene rings is 1. The van der Waals surface area contributed by atoms with E-state index in [-0.39, 0.29) is 28.8 Å². The molecule has 8 heteroatoms. The fourth-order valence-electron chi connectivity index (χ4n) is 3.02. The highest BCUT2D eigenvalue weighted by Crippen LogP contribution is 2.19. The molecule has 1 aromatic heterocycles. The fourth-order valence-corrected chi connectivity index (χ4v) is 3.88. The van der Waals surface area contributed by atoms with Crippen molar-refractivity contribution in [3.05, 3.63) is 57.0 Å². The minimum atomic E-state index is -0.468. The molecule has 0 aliphatic carbocycles. The van der Waals surface area contributed by atoms with Gasteiger partial charge in [0, 0.05) is 55.2 Å². The molecule has 1 saturated heterocycles. The molecule has 1 N–H and O–H groups in total. The van der Waals surface area contributed by atoms with Gasteiger partial charge in [-0.15, -0.1) is 0 Å². The van der Waals surface area contributed by atoms with Crippen LogP contribution >= 0.6 is 22.9 Å². The number of benzene rings is 1. The average molecular weight is 410 g/mol. The second-order valence-electron chi connectivity index (χ2n) is 6.37. The van der Waals surface area contributed by atoms with Crippen LogP contribution in [0.4, 0.5) is 4.39 Å². The summed E-state index contributed by atoms with van der Waals surface area (Å²) in [6.45, 7) is 4.05. The number of nitrogens with zero attached hydrogens (tertiary/aromatic N) is 2. The first kappa shape index (κ1) is 19.8. The van der Waals surface area contributed by atoms with Crippen molar-refractivity contribution in [1.82, 2.24) is 15.1 Å². The molecule has 2 aromatic rings. The zero-order valence-corrected chi connectivity index (χ0v) is 16.4. The Labute approximate surface area is 166 Å². The Hall–Kier alpha value is -1.96. The van der Waals surface area contributed by atoms with Gasteiger partial charge in [-0.1, -0.05) is 17.7 Å². The summed E-state index contributed by atoms with van der Waals surface area (Å²) in [4.78, 5) is 28.4. The van der Waals surface area contributed by atoms with E-state index in [4.69, 9.17) is 11.6 Å². The van der Waals surface area contributed by atoms with Gasteiger partial charge in [-0.3, -0.25) is 14.5 Å². The van der Waals surface area contributed by atoms with Crippen molar-refractivity contribution >= 4 is 34.8 Å². The molecule has 27 heavy (non-hydrogen) atoms. The topological polar surface area (TPSA) is 52.7 Å². The number of carbonyl (C=O) groups excluding carboxylic acids is 2. The molecule has 1 fully saturated rings. The molecule has 2 heterocycles. The Balaban J connectivity index is 1.38. The fraction of sp³-hybridized carbons (Fsp3) is 0.368. The van der Waals surface area contributed by atoms with E-state index in [2.05, 4.69) is 10.2 Å². The number of rotatable bonds is 6. The Bertz CT molecular complexity index is 772. The van der Waals surface area contributed by atoms with Gasteiger partial charge in [0.2, 0.25) is 5.91 Å². The quantitative estimate of drug-likeness (QED) is 0.798. The number of amides is 2. The number of nitrogens with one attached hydrogen (secondary N) is 1. The lowest BCUT2D eigenvalue weighted by atomic mass is 10.1. The molecule has 0 saturated carbocycles. The summed E-state index contributed by atoms with van der Waals surface area (Å²) in [6, 6.07) is 6.23. The highest BCUT2D eigenvalue weighted by molar-refractivity contribution is 7.08. The number of carbonyl (C=O) groups is 2. The third-order valence-corrected chi connectivity index (χ3v) is 5.61. The second kappa shape index (κ2) is 9.30. The molecular weight excluding hydrogens is 389 g/mol. The Kier molecular flexibility index (Phi) is 6.82. The highest BCUT2D eigenvalue weighted by atomic mass is 35.5. The van der Waals surface area contributed by atoms with Crippen molar-refractivity contribution < 1.29 is 14.0 Å². The number of hydrogen-bond donors (Lipinski definition) is 1. The maximum Gasteiger partial charge on any atom is 0.254 e. The molecule has 1 aliphatic rings. The predicted molar refractivity (Wildman–Crippen MR) is 105 cm³/mol. The van der Waals surface area contributed by atoms with E-state index in [1.807, 2.05) is 21.7 Å². The molecule has 0 atom stereocenters. The van der Waals surface area contributed by atoms with Crippen LogP contribution in [0.5, 0.6) is 0 Å². The lowest BCUT2D eigenvalue weighted by Crippen LogP contribution is -2.50. The number of halogens is 2. The third kappa shape index (κ3) is 5.28. The summed E-state index contributed by atoms with van der Waals surface area (Å²) in [7, 11) is 0. The van der Waals surface area contributed by atoms with Crippen LogP contribution in [0.1, 0.15) is 15.9 Å². The van der Waals surface area contributed by atoms with Gasteiger partial charge in [-0.05, 0) is 23.6 Å². The number of piperazine rings is 1. The summed E-state index contributed by atoms with van der Waals surface area (Å²) in [5, 5.41) is 6.84. The summed E-state index contributed by atoms with van der Waals surface area (Å²) in [5.41, 5.74) is 0.963. The second-order valence-corrected chi connectivity index (χ2v) is 7.56. The van der Waals surface area contributed by atoms with Gasteiger partial charge in [-0.2, -0.15) is 11.3 Å². The molecule has 1 aromatic carbocycles. The van der Waals surface area contributed by atoms with Crippen LogP contribution in [0.3, 0.4) is 0 Å². The van der Waals surface area contributed by atoms with Crippen molar-refractivity contribution in [2.24, 2.45) is 0 Å². The van der Waals surface area contributed by atoms with Crippen molar-refractivity contribution in [2.45, 2.75) is 6.42 Å². The first-order valence-corrected chi connectivity index (χ1v) is 10.1. The minimum Gasteiger partial charge on any atom is -0.355 e. The third-order valence-electron chi connectivity index (χ3n) is 4.58. The van der Waals surface area contributed by atoms with Crippen LogP contribution in [0, 0.1) is 5.82 Å². The van der Waals surface area contributed by atoms with Crippen LogP contribution in [-0.2, 0) is 11.2 Å². The lowest BCUT2D eigenvalue weighted by Gasteiger charge is -2.34. The smallest absolute Gasteiger partial charge is 0.254 e. The molecule has 0 spiro atoms. The minimum absolute atomic E-state index is 0.0750. The van der Waals surface area contributed by atoms with E-state index >= 15 is 0 Å². The van der Waals surface area contributed by atoms with E-state index in [0.717, 1.165) is 18.7 Å². The van der Waals surface area contributed by atoms with Gasteiger partial charge in [0.1, 0.15) is 5.82 Å². The monoisotopic (exact) mass is 409 g/mol. The average Bonchev–Trinajstić information content (AvgIpc) is 3.20. The van der Waals surface area contributed by atoms with Gasteiger partial charge in [0.25, 0.3) is 5.91 Å². The van der Waals surface area contributed by atoms with E-state index in [0.29, 0.717) is 26.2 Å². The predicted octanol–water partition coefficient (Wildman–Crippen LogP) is 2.66. The Morgan fingerprint density at radius 2 is 1.96 bits per heavy atom. The van der Waals surface area contributed by atoms with Crippen molar-refractivity contribution in [3.8, 4) is 0 Å². The van der Waals surface area contributed by atoms with Crippen LogP contribution < -0.4 is 5.32 Å². The molecule has 3 rings (SSSR count). The van der Waals surface area contributed by atoms with Crippen LogP contribution in [0.25, 0.3) is 0 Å². The van der Waals surface area contributed by atoms with Gasteiger partial charge < -0.3 is 10.2 Å². The summed E-state index contributed by atoms with van der Waals surface area (Å²) in [6.07, 6.45) is -0.0750. The lowest BCUT2D eigenvalue weighted by molar-refractivity contribution is -0.120. The van der Waals surface area contributed by atoms with E-state index < -0.39 is 5.82 Å². The van der Waals surface area contributed by atoms with Crippen LogP contribution in [0.2, 0.25) is 5.02 Å². The largest absolute Gasteiger partial charge is 0.355 e. The van der Waals surface area contributed by atoms with Crippen LogP contribution in [0.15, 0.2) is 35.0 Å². The first-order valence-electron chi connectivity index (χ1n) is 8.78. The van der Waals surface area contributed by atoms with Crippen molar-refractivity contribution in [1.29, 1.82) is 0 Å². The molecule has 5 nitrogen and oxygen atoms in total. The van der Waals surface area contributed by atoms with E-state index in [1.54, 1.807) is 6.07 Å². The van der Waals surface area contributed by atoms with Gasteiger partial charge in [-0.25, -0.2) is 4.39 Å². The van der Waals surface area contributed by atoms with E-state index in [9.17, 15) is 14.0 Å². The molecule has 0 bridgehead atoms. The molecular formula is C19H21ClFN3O2S. The summed E-state index contributed by atoms with van der Waals surface area (Å²) >= 11 is 7.46. The standard InChI is InChI=1S/C19H21ClFN3O2S/c20-16-2-1-3-17(21)15(16)12-18(25)22-5-6-23-7-9-24(10-8-23)19(26)14-4-11-27-13-14/h1-4,11,13H,5-10,12H2,(H,22,25). The zero-order valence-electron chi connectivity index (χ0n) is 14.8. The van der Waals surface area contributed by atoms with Gasteiger partial charge in [0.05, 0.1) is 12.0 Å². The van der Waals surface area contributed by atoms with Gasteiger partial charge >= 0.3 is 0 Å². The Morgan fingerprint density at radius 3 is 2.63 bits per heavy atom. The molecule has 1 aliphatic heterocycles. The molecule has 0 unspecified atom stereocenters. The molecule has 0 radical (unpaired) electrons. The van der Waals surface area contributed by atoms with Gasteiger partial charge in [0.15, 0.2) is 0 Å². The summed E-state index contributed by atoms with van der Waals surface area (Å²) < 4.78 is 13.7. The number of hydrogen-bond acceptors (Lipinski definition) is 4. The maximum atomic E-state index is 13.7. The van der Waals surface area contributed by atoms with Crippen LogP contribution in [-0.4, -0.2) is 60.9 Å². The maximum absolute atomic E-state index is 13.7. The van der Waals surface area contributed by atoms with Crippen molar-refractivity contribution in [2.75, 3.05) is 39.3 Å². The van der Waals surface area contributed by atoms with Crippen molar-refractivity contribution in [3.63, 3.8) is 0 Å². The molecule has 144 valence electrons. The molecule has 2 amide bonds.